The molecule has 1 amide bonds. The minimum atomic E-state index is -3.00. The highest BCUT2D eigenvalue weighted by Gasteiger charge is 2.29. The number of aromatic carboxylic acids is 1. The Bertz CT molecular complexity index is 686. The largest absolute Gasteiger partial charge is 0.478 e. The summed E-state index contributed by atoms with van der Waals surface area (Å²) in [5.74, 6) is -1.45. The normalized spacial score (nSPS) is 20.1. The molecule has 1 atom stereocenters. The van der Waals surface area contributed by atoms with Gasteiger partial charge in [-0.2, -0.15) is 0 Å². The summed E-state index contributed by atoms with van der Waals surface area (Å²) in [6, 6.07) is 4.10. The summed E-state index contributed by atoms with van der Waals surface area (Å²) in [5, 5.41) is 11.5. The fourth-order valence-corrected chi connectivity index (χ4v) is 4.40. The van der Waals surface area contributed by atoms with Gasteiger partial charge in [-0.15, -0.1) is 0 Å². The van der Waals surface area contributed by atoms with Crippen LogP contribution in [0.25, 0.3) is 0 Å². The van der Waals surface area contributed by atoms with E-state index in [1.54, 1.807) is 0 Å². The zero-order valence-electron chi connectivity index (χ0n) is 11.0. The molecule has 1 aliphatic heterocycles. The van der Waals surface area contributed by atoms with Crippen molar-refractivity contribution in [3.8, 4) is 0 Å². The standard InChI is InChI=1S/C13H14ClNO5S/c14-11-6-9(1-2-10(11)13(17)18)15-12(16)5-8-3-4-21(19,20)7-8/h1-2,6,8H,3-5,7H2,(H,15,16)(H,17,18). The Hall–Kier alpha value is -1.60. The van der Waals surface area contributed by atoms with E-state index in [9.17, 15) is 18.0 Å². The van der Waals surface area contributed by atoms with E-state index >= 15 is 0 Å². The zero-order valence-corrected chi connectivity index (χ0v) is 12.6. The van der Waals surface area contributed by atoms with Crippen LogP contribution in [0.5, 0.6) is 0 Å². The summed E-state index contributed by atoms with van der Waals surface area (Å²) in [6.45, 7) is 0. The molecule has 1 aliphatic rings. The van der Waals surface area contributed by atoms with E-state index in [2.05, 4.69) is 5.32 Å². The molecular formula is C13H14ClNO5S. The molecule has 1 heterocycles. The highest BCUT2D eigenvalue weighted by molar-refractivity contribution is 7.91. The number of halogens is 1. The van der Waals surface area contributed by atoms with Crippen LogP contribution in [0.15, 0.2) is 18.2 Å². The van der Waals surface area contributed by atoms with Crippen molar-refractivity contribution in [2.45, 2.75) is 12.8 Å². The van der Waals surface area contributed by atoms with Crippen LogP contribution in [0, 0.1) is 5.92 Å². The first-order valence-electron chi connectivity index (χ1n) is 6.30. The SMILES string of the molecule is O=C(CC1CCS(=O)(=O)C1)Nc1ccc(C(=O)O)c(Cl)c1. The summed E-state index contributed by atoms with van der Waals surface area (Å²) < 4.78 is 22.6. The van der Waals surface area contributed by atoms with Crippen LogP contribution < -0.4 is 5.32 Å². The predicted octanol–water partition coefficient (Wildman–Crippen LogP) is 1.80. The average Bonchev–Trinajstić information content (AvgIpc) is 2.67. The number of rotatable bonds is 4. The molecule has 0 bridgehead atoms. The van der Waals surface area contributed by atoms with Crippen LogP contribution >= 0.6 is 11.6 Å². The van der Waals surface area contributed by atoms with Crippen LogP contribution in [0.3, 0.4) is 0 Å². The molecular weight excluding hydrogens is 318 g/mol. The van der Waals surface area contributed by atoms with Gasteiger partial charge in [-0.25, -0.2) is 13.2 Å². The highest BCUT2D eigenvalue weighted by Crippen LogP contribution is 2.24. The molecule has 1 fully saturated rings. The van der Waals surface area contributed by atoms with Crippen molar-refractivity contribution >= 4 is 39.0 Å². The van der Waals surface area contributed by atoms with Crippen molar-refractivity contribution in [1.82, 2.24) is 0 Å². The first-order valence-corrected chi connectivity index (χ1v) is 8.50. The molecule has 21 heavy (non-hydrogen) atoms. The van der Waals surface area contributed by atoms with Crippen molar-refractivity contribution in [1.29, 1.82) is 0 Å². The number of carboxylic acids is 1. The van der Waals surface area contributed by atoms with Crippen molar-refractivity contribution in [3.63, 3.8) is 0 Å². The van der Waals surface area contributed by atoms with Gasteiger partial charge in [-0.05, 0) is 30.5 Å². The van der Waals surface area contributed by atoms with Gasteiger partial charge in [0.15, 0.2) is 9.84 Å². The van der Waals surface area contributed by atoms with Gasteiger partial charge < -0.3 is 10.4 Å². The molecule has 114 valence electrons. The molecule has 2 N–H and O–H groups in total. The van der Waals surface area contributed by atoms with Gasteiger partial charge in [0.1, 0.15) is 0 Å². The Morgan fingerprint density at radius 3 is 2.62 bits per heavy atom. The molecule has 2 rings (SSSR count). The lowest BCUT2D eigenvalue weighted by Gasteiger charge is -2.09. The maximum absolute atomic E-state index is 11.8. The molecule has 1 aromatic carbocycles. The van der Waals surface area contributed by atoms with Gasteiger partial charge in [-0.1, -0.05) is 11.6 Å². The lowest BCUT2D eigenvalue weighted by atomic mass is 10.0. The van der Waals surface area contributed by atoms with E-state index in [4.69, 9.17) is 16.7 Å². The summed E-state index contributed by atoms with van der Waals surface area (Å²) in [5.41, 5.74) is 0.340. The third kappa shape index (κ3) is 4.18. The third-order valence-corrected chi connectivity index (χ3v) is 5.43. The Morgan fingerprint density at radius 2 is 2.10 bits per heavy atom. The molecule has 6 nitrogen and oxygen atoms in total. The molecule has 1 saturated heterocycles. The molecule has 0 spiro atoms. The second-order valence-electron chi connectivity index (χ2n) is 5.02. The van der Waals surface area contributed by atoms with Crippen LogP contribution in [0.4, 0.5) is 5.69 Å². The molecule has 0 radical (unpaired) electrons. The minimum absolute atomic E-state index is 0.0312. The molecule has 0 aromatic heterocycles. The monoisotopic (exact) mass is 331 g/mol. The fraction of sp³-hybridized carbons (Fsp3) is 0.385. The number of anilines is 1. The fourth-order valence-electron chi connectivity index (χ4n) is 2.27. The van der Waals surface area contributed by atoms with Gasteiger partial charge in [0.25, 0.3) is 0 Å². The van der Waals surface area contributed by atoms with Gasteiger partial charge >= 0.3 is 5.97 Å². The van der Waals surface area contributed by atoms with E-state index in [1.807, 2.05) is 0 Å². The number of carbonyl (C=O) groups is 2. The van der Waals surface area contributed by atoms with Crippen LogP contribution in [-0.4, -0.2) is 36.9 Å². The zero-order chi connectivity index (χ0) is 15.6. The van der Waals surface area contributed by atoms with E-state index < -0.39 is 15.8 Å². The summed E-state index contributed by atoms with van der Waals surface area (Å²) in [7, 11) is -3.00. The van der Waals surface area contributed by atoms with E-state index in [-0.39, 0.29) is 40.3 Å². The second-order valence-corrected chi connectivity index (χ2v) is 7.66. The Balaban J connectivity index is 1.97. The Morgan fingerprint density at radius 1 is 1.38 bits per heavy atom. The molecule has 1 unspecified atom stereocenters. The Kier molecular flexibility index (Phi) is 4.53. The number of carbonyl (C=O) groups excluding carboxylic acids is 1. The van der Waals surface area contributed by atoms with Crippen molar-refractivity contribution in [2.75, 3.05) is 16.8 Å². The molecule has 0 aliphatic carbocycles. The molecule has 8 heteroatoms. The van der Waals surface area contributed by atoms with Crippen molar-refractivity contribution < 1.29 is 23.1 Å². The number of nitrogens with one attached hydrogen (secondary N) is 1. The topological polar surface area (TPSA) is 101 Å². The van der Waals surface area contributed by atoms with Gasteiger partial charge in [0, 0.05) is 12.1 Å². The number of amides is 1. The highest BCUT2D eigenvalue weighted by atomic mass is 35.5. The van der Waals surface area contributed by atoms with Crippen LogP contribution in [0.1, 0.15) is 23.2 Å². The first kappa shape index (κ1) is 15.8. The predicted molar refractivity (Wildman–Crippen MR) is 78.4 cm³/mol. The Labute approximate surface area is 127 Å². The number of sulfone groups is 1. The number of carboxylic acid groups (broad SMARTS) is 1. The third-order valence-electron chi connectivity index (χ3n) is 3.28. The second kappa shape index (κ2) is 6.03. The quantitative estimate of drug-likeness (QED) is 0.876. The maximum Gasteiger partial charge on any atom is 0.337 e. The summed E-state index contributed by atoms with van der Waals surface area (Å²) in [4.78, 5) is 22.7. The van der Waals surface area contributed by atoms with E-state index in [1.165, 1.54) is 18.2 Å². The van der Waals surface area contributed by atoms with Gasteiger partial charge in [-0.3, -0.25) is 4.79 Å². The minimum Gasteiger partial charge on any atom is -0.478 e. The van der Waals surface area contributed by atoms with Gasteiger partial charge in [0.05, 0.1) is 22.1 Å². The van der Waals surface area contributed by atoms with Crippen LogP contribution in [0.2, 0.25) is 5.02 Å². The summed E-state index contributed by atoms with van der Waals surface area (Å²) in [6.07, 6.45) is 0.617. The first-order chi connectivity index (χ1) is 9.77. The lowest BCUT2D eigenvalue weighted by molar-refractivity contribution is -0.116. The number of benzene rings is 1. The molecule has 0 saturated carbocycles. The maximum atomic E-state index is 11.8. The molecule has 1 aromatic rings. The average molecular weight is 332 g/mol. The van der Waals surface area contributed by atoms with Crippen LogP contribution in [-0.2, 0) is 14.6 Å². The smallest absolute Gasteiger partial charge is 0.337 e. The van der Waals surface area contributed by atoms with Gasteiger partial charge in [0.2, 0.25) is 5.91 Å². The number of hydrogen-bond donors (Lipinski definition) is 2. The lowest BCUT2D eigenvalue weighted by Crippen LogP contribution is -2.17. The van der Waals surface area contributed by atoms with E-state index in [0.717, 1.165) is 0 Å². The van der Waals surface area contributed by atoms with Crippen molar-refractivity contribution in [3.05, 3.63) is 28.8 Å². The van der Waals surface area contributed by atoms with Crippen molar-refractivity contribution in [2.24, 2.45) is 5.92 Å². The van der Waals surface area contributed by atoms with E-state index in [0.29, 0.717) is 12.1 Å². The number of hydrogen-bond acceptors (Lipinski definition) is 4. The summed E-state index contributed by atoms with van der Waals surface area (Å²) >= 11 is 5.80.